The first-order valence-corrected chi connectivity index (χ1v) is 8.25. The van der Waals surface area contributed by atoms with Gasteiger partial charge in [-0.3, -0.25) is 4.79 Å². The Morgan fingerprint density at radius 2 is 1.70 bits per heavy atom. The smallest absolute Gasteiger partial charge is 0.221 e. The molecule has 0 aliphatic heterocycles. The Morgan fingerprint density at radius 3 is 2.26 bits per heavy atom. The van der Waals surface area contributed by atoms with E-state index in [1.165, 1.54) is 19.1 Å². The van der Waals surface area contributed by atoms with Crippen LogP contribution in [0.1, 0.15) is 18.1 Å². The first-order chi connectivity index (χ1) is 12.9. The zero-order valence-corrected chi connectivity index (χ0v) is 14.9. The summed E-state index contributed by atoms with van der Waals surface area (Å²) in [5, 5.41) is 12.3. The van der Waals surface area contributed by atoms with E-state index in [9.17, 15) is 14.4 Å². The summed E-state index contributed by atoms with van der Waals surface area (Å²) in [5.74, 6) is -0.390. The third-order valence-corrected chi connectivity index (χ3v) is 4.19. The van der Waals surface area contributed by atoms with Crippen molar-refractivity contribution in [2.45, 2.75) is 13.8 Å². The van der Waals surface area contributed by atoms with Crippen molar-refractivity contribution >= 4 is 17.4 Å². The molecule has 1 amide bonds. The second-order valence-corrected chi connectivity index (χ2v) is 6.10. The quantitative estimate of drug-likeness (QED) is 0.729. The number of nitrogen functional groups attached to an aromatic ring is 1. The minimum atomic E-state index is -0.341. The molecule has 3 N–H and O–H groups in total. The topological polar surface area (TPSA) is 91.8 Å². The number of anilines is 2. The molecule has 3 aromatic rings. The number of hydrogen-bond acceptors (Lipinski definition) is 4. The molecule has 0 radical (unpaired) electrons. The van der Waals surface area contributed by atoms with Crippen molar-refractivity contribution in [3.8, 4) is 28.5 Å². The lowest BCUT2D eigenvalue weighted by Crippen LogP contribution is -2.06. The van der Waals surface area contributed by atoms with E-state index in [4.69, 9.17) is 5.73 Å². The van der Waals surface area contributed by atoms with Gasteiger partial charge in [-0.1, -0.05) is 12.1 Å². The monoisotopic (exact) mass is 360 g/mol. The van der Waals surface area contributed by atoms with Crippen LogP contribution in [0, 0.1) is 24.1 Å². The lowest BCUT2D eigenvalue weighted by Gasteiger charge is -2.15. The van der Waals surface area contributed by atoms with Gasteiger partial charge in [-0.05, 0) is 54.4 Å². The molecule has 0 unspecified atom stereocenters. The summed E-state index contributed by atoms with van der Waals surface area (Å²) in [6.07, 6.45) is 0. The molecule has 134 valence electrons. The van der Waals surface area contributed by atoms with E-state index in [-0.39, 0.29) is 23.1 Å². The number of pyridine rings is 1. The normalized spacial score (nSPS) is 10.3. The number of nitrogens with two attached hydrogens (primary N) is 1. The van der Waals surface area contributed by atoms with Crippen molar-refractivity contribution in [3.05, 3.63) is 65.5 Å². The molecule has 3 rings (SSSR count). The standard InChI is InChI=1S/C21H17FN4O/c1-12-19(14-5-9-17(10-6-14)25-13(2)27)18(11-23)21(24)26-20(12)15-3-7-16(22)8-4-15/h3-10H,1-2H3,(H2,24,26)(H,25,27). The number of benzene rings is 2. The number of halogens is 1. The Morgan fingerprint density at radius 1 is 1.11 bits per heavy atom. The Labute approximate surface area is 156 Å². The van der Waals surface area contributed by atoms with Gasteiger partial charge in [0.05, 0.1) is 5.69 Å². The Balaban J connectivity index is 2.18. The van der Waals surface area contributed by atoms with Crippen LogP contribution in [0.15, 0.2) is 48.5 Å². The molecule has 0 saturated carbocycles. The van der Waals surface area contributed by atoms with Crippen molar-refractivity contribution in [3.63, 3.8) is 0 Å². The fraction of sp³-hybridized carbons (Fsp3) is 0.0952. The number of nitriles is 1. The van der Waals surface area contributed by atoms with Gasteiger partial charge in [-0.25, -0.2) is 9.37 Å². The highest BCUT2D eigenvalue weighted by Gasteiger charge is 2.18. The van der Waals surface area contributed by atoms with Gasteiger partial charge in [0.25, 0.3) is 0 Å². The second-order valence-electron chi connectivity index (χ2n) is 6.10. The average Bonchev–Trinajstić information content (AvgIpc) is 2.64. The van der Waals surface area contributed by atoms with Crippen LogP contribution in [0.2, 0.25) is 0 Å². The lowest BCUT2D eigenvalue weighted by atomic mass is 9.92. The van der Waals surface area contributed by atoms with E-state index in [1.807, 2.05) is 19.1 Å². The highest BCUT2D eigenvalue weighted by molar-refractivity contribution is 5.90. The van der Waals surface area contributed by atoms with Gasteiger partial charge in [-0.2, -0.15) is 5.26 Å². The van der Waals surface area contributed by atoms with Crippen LogP contribution < -0.4 is 11.1 Å². The van der Waals surface area contributed by atoms with Crippen molar-refractivity contribution in [2.75, 3.05) is 11.1 Å². The molecular formula is C21H17FN4O. The number of aromatic nitrogens is 1. The Kier molecular flexibility index (Phi) is 4.86. The molecular weight excluding hydrogens is 343 g/mol. The summed E-state index contributed by atoms with van der Waals surface area (Å²) in [4.78, 5) is 15.5. The number of nitrogens with zero attached hydrogens (tertiary/aromatic N) is 2. The third kappa shape index (κ3) is 3.62. The number of nitrogens with one attached hydrogen (secondary N) is 1. The minimum absolute atomic E-state index is 0.114. The number of amides is 1. The van der Waals surface area contributed by atoms with Gasteiger partial charge >= 0.3 is 0 Å². The maximum atomic E-state index is 13.3. The molecule has 2 aromatic carbocycles. The lowest BCUT2D eigenvalue weighted by molar-refractivity contribution is -0.114. The average molecular weight is 360 g/mol. The van der Waals surface area contributed by atoms with Gasteiger partial charge < -0.3 is 11.1 Å². The molecule has 5 nitrogen and oxygen atoms in total. The predicted octanol–water partition coefficient (Wildman–Crippen LogP) is 4.28. The van der Waals surface area contributed by atoms with Crippen molar-refractivity contribution in [1.29, 1.82) is 5.26 Å². The zero-order chi connectivity index (χ0) is 19.6. The van der Waals surface area contributed by atoms with Gasteiger partial charge in [0.2, 0.25) is 5.91 Å². The van der Waals surface area contributed by atoms with Crippen LogP contribution in [0.25, 0.3) is 22.4 Å². The maximum absolute atomic E-state index is 13.3. The van der Waals surface area contributed by atoms with Crippen LogP contribution in [0.5, 0.6) is 0 Å². The molecule has 0 bridgehead atoms. The summed E-state index contributed by atoms with van der Waals surface area (Å²) in [6, 6.07) is 15.2. The fourth-order valence-electron chi connectivity index (χ4n) is 2.98. The first kappa shape index (κ1) is 18.1. The van der Waals surface area contributed by atoms with E-state index in [1.54, 1.807) is 24.3 Å². The summed E-state index contributed by atoms with van der Waals surface area (Å²) in [5.41, 5.74) is 10.5. The second kappa shape index (κ2) is 7.26. The van der Waals surface area contributed by atoms with Crippen LogP contribution in [-0.2, 0) is 4.79 Å². The van der Waals surface area contributed by atoms with Crippen molar-refractivity contribution in [1.82, 2.24) is 4.98 Å². The molecule has 27 heavy (non-hydrogen) atoms. The summed E-state index contributed by atoms with van der Waals surface area (Å²) >= 11 is 0. The SMILES string of the molecule is CC(=O)Nc1ccc(-c2c(C)c(-c3ccc(F)cc3)nc(N)c2C#N)cc1. The molecule has 1 aromatic heterocycles. The predicted molar refractivity (Wildman–Crippen MR) is 103 cm³/mol. The summed E-state index contributed by atoms with van der Waals surface area (Å²) < 4.78 is 13.3. The molecule has 0 atom stereocenters. The molecule has 0 spiro atoms. The number of carbonyl (C=O) groups excluding carboxylic acids is 1. The molecule has 0 saturated heterocycles. The van der Waals surface area contributed by atoms with Crippen LogP contribution in [-0.4, -0.2) is 10.9 Å². The van der Waals surface area contributed by atoms with E-state index in [0.717, 1.165) is 11.1 Å². The van der Waals surface area contributed by atoms with Crippen molar-refractivity contribution in [2.24, 2.45) is 0 Å². The zero-order valence-electron chi connectivity index (χ0n) is 14.9. The van der Waals surface area contributed by atoms with Crippen molar-refractivity contribution < 1.29 is 9.18 Å². The van der Waals surface area contributed by atoms with Crippen LogP contribution in [0.4, 0.5) is 15.9 Å². The Bertz CT molecular complexity index is 1050. The van der Waals surface area contributed by atoms with Gasteiger partial charge in [0.15, 0.2) is 0 Å². The highest BCUT2D eigenvalue weighted by Crippen LogP contribution is 2.36. The number of hydrogen-bond donors (Lipinski definition) is 2. The number of rotatable bonds is 3. The molecule has 0 aliphatic rings. The molecule has 6 heteroatoms. The number of carbonyl (C=O) groups is 1. The minimum Gasteiger partial charge on any atom is -0.383 e. The molecule has 0 aliphatic carbocycles. The van der Waals surface area contributed by atoms with Gasteiger partial charge in [0, 0.05) is 23.7 Å². The van der Waals surface area contributed by atoms with Gasteiger partial charge in [-0.15, -0.1) is 0 Å². The van der Waals surface area contributed by atoms with Crippen LogP contribution in [0.3, 0.4) is 0 Å². The molecule has 1 heterocycles. The van der Waals surface area contributed by atoms with E-state index in [2.05, 4.69) is 16.4 Å². The first-order valence-electron chi connectivity index (χ1n) is 8.25. The summed E-state index contributed by atoms with van der Waals surface area (Å²) in [7, 11) is 0. The highest BCUT2D eigenvalue weighted by atomic mass is 19.1. The van der Waals surface area contributed by atoms with E-state index in [0.29, 0.717) is 22.5 Å². The molecule has 0 fully saturated rings. The van der Waals surface area contributed by atoms with Gasteiger partial charge in [0.1, 0.15) is 23.3 Å². The fourth-order valence-corrected chi connectivity index (χ4v) is 2.98. The third-order valence-electron chi connectivity index (χ3n) is 4.19. The Hall–Kier alpha value is -3.72. The summed E-state index contributed by atoms with van der Waals surface area (Å²) in [6.45, 7) is 3.29. The van der Waals surface area contributed by atoms with E-state index >= 15 is 0 Å². The largest absolute Gasteiger partial charge is 0.383 e. The van der Waals surface area contributed by atoms with E-state index < -0.39 is 0 Å². The van der Waals surface area contributed by atoms with Crippen LogP contribution >= 0.6 is 0 Å². The maximum Gasteiger partial charge on any atom is 0.221 e.